The molecule has 0 aliphatic rings. The number of carboxylic acid groups (broad SMARTS) is 1. The number of rotatable bonds is 9. The Labute approximate surface area is 88.3 Å². The van der Waals surface area contributed by atoms with Crippen LogP contribution in [0.25, 0.3) is 0 Å². The first-order valence-corrected chi connectivity index (χ1v) is 4.82. The summed E-state index contributed by atoms with van der Waals surface area (Å²) in [6, 6.07) is 0. The van der Waals surface area contributed by atoms with Crippen molar-refractivity contribution in [3.05, 3.63) is 0 Å². The van der Waals surface area contributed by atoms with E-state index >= 15 is 0 Å². The first-order chi connectivity index (χ1) is 7.16. The SMILES string of the molecule is NCCOCCOC(=O)CCCC(=O)O. The van der Waals surface area contributed by atoms with Gasteiger partial charge in [-0.15, -0.1) is 0 Å². The Balaban J connectivity index is 3.22. The van der Waals surface area contributed by atoms with Gasteiger partial charge >= 0.3 is 11.9 Å². The van der Waals surface area contributed by atoms with Gasteiger partial charge in [0.1, 0.15) is 6.61 Å². The molecule has 0 aliphatic carbocycles. The Kier molecular flexibility index (Phi) is 8.70. The highest BCUT2D eigenvalue weighted by Crippen LogP contribution is 1.97. The van der Waals surface area contributed by atoms with Crippen molar-refractivity contribution in [3.63, 3.8) is 0 Å². The van der Waals surface area contributed by atoms with E-state index in [1.165, 1.54) is 0 Å². The number of hydrogen-bond acceptors (Lipinski definition) is 5. The second-order valence-electron chi connectivity index (χ2n) is 2.87. The van der Waals surface area contributed by atoms with Crippen LogP contribution < -0.4 is 5.73 Å². The standard InChI is InChI=1S/C9H17NO5/c10-4-5-14-6-7-15-9(13)3-1-2-8(11)12/h1-7,10H2,(H,11,12). The second-order valence-corrected chi connectivity index (χ2v) is 2.87. The number of carbonyl (C=O) groups excluding carboxylic acids is 1. The fourth-order valence-electron chi connectivity index (χ4n) is 0.856. The molecule has 0 aromatic heterocycles. The third kappa shape index (κ3) is 10.8. The Morgan fingerprint density at radius 2 is 1.87 bits per heavy atom. The van der Waals surface area contributed by atoms with Crippen molar-refractivity contribution in [2.45, 2.75) is 19.3 Å². The number of hydrogen-bond donors (Lipinski definition) is 2. The van der Waals surface area contributed by atoms with E-state index in [1.54, 1.807) is 0 Å². The maximum atomic E-state index is 11.0. The molecule has 0 radical (unpaired) electrons. The Morgan fingerprint density at radius 1 is 1.13 bits per heavy atom. The third-order valence-corrected chi connectivity index (χ3v) is 1.52. The van der Waals surface area contributed by atoms with Crippen LogP contribution in [0.2, 0.25) is 0 Å². The monoisotopic (exact) mass is 219 g/mol. The zero-order valence-corrected chi connectivity index (χ0v) is 8.61. The van der Waals surface area contributed by atoms with Gasteiger partial charge in [0.25, 0.3) is 0 Å². The van der Waals surface area contributed by atoms with Crippen molar-refractivity contribution >= 4 is 11.9 Å². The lowest BCUT2D eigenvalue weighted by Crippen LogP contribution is -2.14. The van der Waals surface area contributed by atoms with Crippen molar-refractivity contribution < 1.29 is 24.2 Å². The van der Waals surface area contributed by atoms with Gasteiger partial charge in [-0.1, -0.05) is 0 Å². The molecule has 0 atom stereocenters. The average molecular weight is 219 g/mol. The van der Waals surface area contributed by atoms with Gasteiger partial charge in [-0.25, -0.2) is 0 Å². The smallest absolute Gasteiger partial charge is 0.305 e. The topological polar surface area (TPSA) is 98.9 Å². The van der Waals surface area contributed by atoms with E-state index in [9.17, 15) is 9.59 Å². The summed E-state index contributed by atoms with van der Waals surface area (Å²) >= 11 is 0. The Hall–Kier alpha value is -1.14. The summed E-state index contributed by atoms with van der Waals surface area (Å²) in [5.41, 5.74) is 5.18. The molecule has 3 N–H and O–H groups in total. The summed E-state index contributed by atoms with van der Waals surface area (Å²) in [5, 5.41) is 8.32. The van der Waals surface area contributed by atoms with Crippen LogP contribution in [0.5, 0.6) is 0 Å². The van der Waals surface area contributed by atoms with Crippen LogP contribution in [0.15, 0.2) is 0 Å². The molecule has 0 amide bonds. The highest BCUT2D eigenvalue weighted by Gasteiger charge is 2.04. The molecule has 0 saturated carbocycles. The molecule has 0 aliphatic heterocycles. The minimum absolute atomic E-state index is 0.0151. The van der Waals surface area contributed by atoms with Crippen LogP contribution in [-0.4, -0.2) is 43.4 Å². The molecule has 0 rings (SSSR count). The number of aliphatic carboxylic acids is 1. The largest absolute Gasteiger partial charge is 0.481 e. The van der Waals surface area contributed by atoms with Gasteiger partial charge < -0.3 is 20.3 Å². The van der Waals surface area contributed by atoms with E-state index in [0.717, 1.165) is 0 Å². The zero-order valence-electron chi connectivity index (χ0n) is 8.61. The summed E-state index contributed by atoms with van der Waals surface area (Å²) in [7, 11) is 0. The molecule has 15 heavy (non-hydrogen) atoms. The molecule has 0 aromatic carbocycles. The molecule has 0 spiro atoms. The van der Waals surface area contributed by atoms with E-state index in [-0.39, 0.29) is 19.4 Å². The fourth-order valence-corrected chi connectivity index (χ4v) is 0.856. The molecule has 0 unspecified atom stereocenters. The van der Waals surface area contributed by atoms with Crippen molar-refractivity contribution in [1.29, 1.82) is 0 Å². The normalized spacial score (nSPS) is 9.93. The molecule has 0 bridgehead atoms. The molecule has 0 saturated heterocycles. The first kappa shape index (κ1) is 13.9. The van der Waals surface area contributed by atoms with Gasteiger partial charge in [0.2, 0.25) is 0 Å². The van der Waals surface area contributed by atoms with Gasteiger partial charge in [0, 0.05) is 19.4 Å². The zero-order chi connectivity index (χ0) is 11.5. The summed E-state index contributed by atoms with van der Waals surface area (Å²) < 4.78 is 9.75. The molecular weight excluding hydrogens is 202 g/mol. The van der Waals surface area contributed by atoms with Gasteiger partial charge in [-0.05, 0) is 6.42 Å². The second kappa shape index (κ2) is 9.42. The van der Waals surface area contributed by atoms with Gasteiger partial charge in [0.15, 0.2) is 0 Å². The van der Waals surface area contributed by atoms with E-state index in [1.807, 2.05) is 0 Å². The van der Waals surface area contributed by atoms with Crippen LogP contribution >= 0.6 is 0 Å². The van der Waals surface area contributed by atoms with E-state index in [0.29, 0.717) is 26.2 Å². The maximum Gasteiger partial charge on any atom is 0.305 e. The van der Waals surface area contributed by atoms with Crippen LogP contribution in [0.4, 0.5) is 0 Å². The molecule has 6 heteroatoms. The number of carbonyl (C=O) groups is 2. The average Bonchev–Trinajstić information content (AvgIpc) is 2.17. The van der Waals surface area contributed by atoms with Crippen LogP contribution in [0.3, 0.4) is 0 Å². The quantitative estimate of drug-likeness (QED) is 0.410. The van der Waals surface area contributed by atoms with Crippen molar-refractivity contribution in [2.75, 3.05) is 26.4 Å². The Morgan fingerprint density at radius 3 is 2.47 bits per heavy atom. The van der Waals surface area contributed by atoms with E-state index in [2.05, 4.69) is 0 Å². The summed E-state index contributed by atoms with van der Waals surface area (Å²) in [4.78, 5) is 21.1. The number of carboxylic acids is 1. The maximum absolute atomic E-state index is 11.0. The highest BCUT2D eigenvalue weighted by molar-refractivity contribution is 5.71. The van der Waals surface area contributed by atoms with Crippen molar-refractivity contribution in [2.24, 2.45) is 5.73 Å². The molecule has 0 aromatic rings. The lowest BCUT2D eigenvalue weighted by Gasteiger charge is -2.04. The molecule has 0 fully saturated rings. The predicted molar refractivity (Wildman–Crippen MR) is 52.3 cm³/mol. The predicted octanol–water partition coefficient (Wildman–Crippen LogP) is -0.240. The first-order valence-electron chi connectivity index (χ1n) is 4.82. The highest BCUT2D eigenvalue weighted by atomic mass is 16.6. The number of ether oxygens (including phenoxy) is 2. The van der Waals surface area contributed by atoms with Gasteiger partial charge in [-0.2, -0.15) is 0 Å². The van der Waals surface area contributed by atoms with Gasteiger partial charge in [0.05, 0.1) is 13.2 Å². The lowest BCUT2D eigenvalue weighted by molar-refractivity contribution is -0.145. The van der Waals surface area contributed by atoms with Crippen LogP contribution in [0, 0.1) is 0 Å². The van der Waals surface area contributed by atoms with Crippen molar-refractivity contribution in [3.8, 4) is 0 Å². The summed E-state index contributed by atoms with van der Waals surface area (Å²) in [5.74, 6) is -1.30. The summed E-state index contributed by atoms with van der Waals surface area (Å²) in [6.07, 6.45) is 0.416. The molecule has 0 heterocycles. The number of esters is 1. The molecule has 88 valence electrons. The van der Waals surface area contributed by atoms with E-state index < -0.39 is 11.9 Å². The lowest BCUT2D eigenvalue weighted by atomic mass is 10.2. The van der Waals surface area contributed by atoms with Crippen molar-refractivity contribution in [1.82, 2.24) is 0 Å². The van der Waals surface area contributed by atoms with Crippen LogP contribution in [-0.2, 0) is 19.1 Å². The number of nitrogens with two attached hydrogens (primary N) is 1. The minimum atomic E-state index is -0.908. The molecular formula is C9H17NO5. The third-order valence-electron chi connectivity index (χ3n) is 1.52. The van der Waals surface area contributed by atoms with E-state index in [4.69, 9.17) is 20.3 Å². The van der Waals surface area contributed by atoms with Gasteiger partial charge in [-0.3, -0.25) is 9.59 Å². The minimum Gasteiger partial charge on any atom is -0.481 e. The Bertz CT molecular complexity index is 195. The molecule has 6 nitrogen and oxygen atoms in total. The fraction of sp³-hybridized carbons (Fsp3) is 0.778. The summed E-state index contributed by atoms with van der Waals surface area (Å²) in [6.45, 7) is 1.39. The van der Waals surface area contributed by atoms with Crippen LogP contribution in [0.1, 0.15) is 19.3 Å².